The molecule has 204 valence electrons. The highest BCUT2D eigenvalue weighted by Crippen LogP contribution is 2.63. The van der Waals surface area contributed by atoms with E-state index in [2.05, 4.69) is 10.6 Å². The number of nitrogens with zero attached hydrogens (tertiary/aromatic N) is 1. The fraction of sp³-hybridized carbons (Fsp3) is 0.679. The Hall–Kier alpha value is -2.65. The number of aliphatic hydroxyl groups excluding tert-OH is 1. The zero-order chi connectivity index (χ0) is 27.1. The molecule has 0 aliphatic carbocycles. The predicted octanol–water partition coefficient (Wildman–Crippen LogP) is 2.72. The number of carbonyl (C=O) groups excluding carboxylic acids is 3. The predicted molar refractivity (Wildman–Crippen MR) is 139 cm³/mol. The number of nitrogens with one attached hydrogen (secondary N) is 2. The maximum atomic E-state index is 14.2. The van der Waals surface area contributed by atoms with Gasteiger partial charge in [0.05, 0.1) is 36.7 Å². The number of aliphatic hydroxyl groups is 1. The van der Waals surface area contributed by atoms with E-state index in [1.807, 2.05) is 41.5 Å². The third-order valence-electron chi connectivity index (χ3n) is 8.45. The van der Waals surface area contributed by atoms with Gasteiger partial charge in [-0.25, -0.2) is 0 Å². The molecule has 3 aliphatic rings. The van der Waals surface area contributed by atoms with Gasteiger partial charge in [0.25, 0.3) is 0 Å². The summed E-state index contributed by atoms with van der Waals surface area (Å²) in [7, 11) is 0. The first-order valence-electron chi connectivity index (χ1n) is 13.5. The summed E-state index contributed by atoms with van der Waals surface area (Å²) >= 11 is 0. The highest BCUT2D eigenvalue weighted by molar-refractivity contribution is 6.02. The Morgan fingerprint density at radius 2 is 1.84 bits per heavy atom. The number of hydrogen-bond donors (Lipinski definition) is 3. The molecule has 2 unspecified atom stereocenters. The summed E-state index contributed by atoms with van der Waals surface area (Å²) in [6.45, 7) is 11.7. The van der Waals surface area contributed by atoms with Crippen molar-refractivity contribution in [2.45, 2.75) is 90.1 Å². The topological polar surface area (TPSA) is 117 Å². The van der Waals surface area contributed by atoms with Crippen molar-refractivity contribution < 1.29 is 29.0 Å². The molecule has 3 saturated heterocycles. The minimum absolute atomic E-state index is 0.0394. The molecule has 1 spiro atoms. The molecule has 7 atom stereocenters. The molecular formula is C28H41N3O6. The monoisotopic (exact) mass is 515 g/mol. The molecule has 3 heterocycles. The summed E-state index contributed by atoms with van der Waals surface area (Å²) < 4.78 is 12.1. The van der Waals surface area contributed by atoms with Gasteiger partial charge in [-0.05, 0) is 70.7 Å². The van der Waals surface area contributed by atoms with Crippen molar-refractivity contribution in [2.24, 2.45) is 17.8 Å². The highest BCUT2D eigenvalue weighted by atomic mass is 16.5. The average Bonchev–Trinajstić information content (AvgIpc) is 3.41. The van der Waals surface area contributed by atoms with Gasteiger partial charge < -0.3 is 30.1 Å². The lowest BCUT2D eigenvalue weighted by atomic mass is 9.66. The smallest absolute Gasteiger partial charge is 0.246 e. The fourth-order valence-corrected chi connectivity index (χ4v) is 6.62. The first kappa shape index (κ1) is 27.4. The summed E-state index contributed by atoms with van der Waals surface area (Å²) in [6.07, 6.45) is 1.79. The second-order valence-corrected chi connectivity index (χ2v) is 11.2. The molecule has 3 aliphatic heterocycles. The van der Waals surface area contributed by atoms with E-state index in [1.54, 1.807) is 29.2 Å². The second kappa shape index (κ2) is 10.3. The highest BCUT2D eigenvalue weighted by Gasteiger charge is 2.78. The molecule has 3 amide bonds. The Morgan fingerprint density at radius 3 is 2.41 bits per heavy atom. The number of carbonyl (C=O) groups is 3. The van der Waals surface area contributed by atoms with Crippen LogP contribution in [0, 0.1) is 17.8 Å². The normalized spacial score (nSPS) is 31.8. The van der Waals surface area contributed by atoms with Gasteiger partial charge in [-0.2, -0.15) is 0 Å². The Bertz CT molecular complexity index is 1030. The number of ether oxygens (including phenoxy) is 2. The van der Waals surface area contributed by atoms with Crippen molar-refractivity contribution in [2.75, 3.05) is 18.5 Å². The molecule has 9 heteroatoms. The molecule has 9 nitrogen and oxygen atoms in total. The summed E-state index contributed by atoms with van der Waals surface area (Å²) in [6, 6.07) is 5.50. The fourth-order valence-electron chi connectivity index (χ4n) is 6.62. The van der Waals surface area contributed by atoms with Crippen molar-refractivity contribution >= 4 is 23.4 Å². The number of hydrogen-bond acceptors (Lipinski definition) is 6. The van der Waals surface area contributed by atoms with Gasteiger partial charge in [-0.1, -0.05) is 20.3 Å². The first-order chi connectivity index (χ1) is 17.5. The lowest BCUT2D eigenvalue weighted by Crippen LogP contribution is -2.59. The minimum Gasteiger partial charge on any atom is -0.494 e. The van der Waals surface area contributed by atoms with Gasteiger partial charge in [0.1, 0.15) is 17.4 Å². The van der Waals surface area contributed by atoms with E-state index in [9.17, 15) is 19.5 Å². The molecule has 37 heavy (non-hydrogen) atoms. The molecule has 3 N–H and O–H groups in total. The SMILES string of the molecule is CCOc1ccc(NC(=O)[C@@H]2[C@H]3C(=O)N([C@@H](CO)[C@@H](C)CC)C(C(=O)NC(C)C)C34CC[C@@]2(C)O4)cc1. The largest absolute Gasteiger partial charge is 0.494 e. The van der Waals surface area contributed by atoms with Gasteiger partial charge in [0, 0.05) is 11.7 Å². The zero-order valence-electron chi connectivity index (χ0n) is 22.7. The van der Waals surface area contributed by atoms with Crippen LogP contribution in [0.4, 0.5) is 5.69 Å². The molecule has 1 aromatic carbocycles. The number of benzene rings is 1. The Balaban J connectivity index is 1.71. The van der Waals surface area contributed by atoms with Crippen LogP contribution in [0.1, 0.15) is 60.8 Å². The summed E-state index contributed by atoms with van der Waals surface area (Å²) in [5.41, 5.74) is -1.39. The number of likely N-dealkylation sites (tertiary alicyclic amines) is 1. The summed E-state index contributed by atoms with van der Waals surface area (Å²) in [5.74, 6) is -1.81. The quantitative estimate of drug-likeness (QED) is 0.441. The Labute approximate surface area is 219 Å². The third-order valence-corrected chi connectivity index (χ3v) is 8.45. The number of fused-ring (bicyclic) bond motifs is 1. The molecular weight excluding hydrogens is 474 g/mol. The van der Waals surface area contributed by atoms with Gasteiger partial charge in [0.2, 0.25) is 17.7 Å². The number of anilines is 1. The standard InChI is InChI=1S/C28H41N3O6/c1-7-17(5)20(15-32)31-23(25(34)29-16(3)4)28-14-13-27(6,37-28)21(22(28)26(31)35)24(33)30-18-9-11-19(12-10-18)36-8-2/h9-12,16-17,20-23,32H,7-8,13-15H2,1-6H3,(H,29,34)(H,30,33)/t17-,20-,21-,22-,23?,27+,28?/m0/s1. The van der Waals surface area contributed by atoms with Gasteiger partial charge in [-0.15, -0.1) is 0 Å². The van der Waals surface area contributed by atoms with E-state index in [1.165, 1.54) is 0 Å². The molecule has 0 radical (unpaired) electrons. The van der Waals surface area contributed by atoms with E-state index in [4.69, 9.17) is 9.47 Å². The Morgan fingerprint density at radius 1 is 1.16 bits per heavy atom. The van der Waals surface area contributed by atoms with Crippen LogP contribution in [0.2, 0.25) is 0 Å². The molecule has 3 fully saturated rings. The van der Waals surface area contributed by atoms with Crippen LogP contribution in [0.25, 0.3) is 0 Å². The average molecular weight is 516 g/mol. The number of amides is 3. The van der Waals surface area contributed by atoms with Crippen LogP contribution in [0.15, 0.2) is 24.3 Å². The molecule has 0 saturated carbocycles. The Kier molecular flexibility index (Phi) is 7.59. The first-order valence-corrected chi connectivity index (χ1v) is 13.5. The number of rotatable bonds is 10. The lowest BCUT2D eigenvalue weighted by Gasteiger charge is -2.39. The molecule has 1 aromatic rings. The van der Waals surface area contributed by atoms with Crippen LogP contribution in [-0.2, 0) is 19.1 Å². The van der Waals surface area contributed by atoms with E-state index >= 15 is 0 Å². The van der Waals surface area contributed by atoms with Gasteiger partial charge >= 0.3 is 0 Å². The second-order valence-electron chi connectivity index (χ2n) is 11.2. The zero-order valence-corrected chi connectivity index (χ0v) is 22.7. The van der Waals surface area contributed by atoms with Crippen LogP contribution in [0.3, 0.4) is 0 Å². The van der Waals surface area contributed by atoms with Crippen molar-refractivity contribution in [3.05, 3.63) is 24.3 Å². The van der Waals surface area contributed by atoms with Crippen LogP contribution >= 0.6 is 0 Å². The molecule has 0 aromatic heterocycles. The van der Waals surface area contributed by atoms with E-state index in [0.717, 1.165) is 6.42 Å². The lowest BCUT2D eigenvalue weighted by molar-refractivity contribution is -0.150. The van der Waals surface area contributed by atoms with E-state index < -0.39 is 35.1 Å². The maximum absolute atomic E-state index is 14.2. The molecule has 4 rings (SSSR count). The van der Waals surface area contributed by atoms with Crippen LogP contribution < -0.4 is 15.4 Å². The summed E-state index contributed by atoms with van der Waals surface area (Å²) in [4.78, 5) is 43.1. The van der Waals surface area contributed by atoms with E-state index in [0.29, 0.717) is 30.9 Å². The van der Waals surface area contributed by atoms with Crippen molar-refractivity contribution in [1.29, 1.82) is 0 Å². The van der Waals surface area contributed by atoms with Crippen molar-refractivity contribution in [1.82, 2.24) is 10.2 Å². The van der Waals surface area contributed by atoms with Gasteiger partial charge in [-0.3, -0.25) is 14.4 Å². The summed E-state index contributed by atoms with van der Waals surface area (Å²) in [5, 5.41) is 16.3. The molecule has 2 bridgehead atoms. The van der Waals surface area contributed by atoms with Gasteiger partial charge in [0.15, 0.2) is 0 Å². The maximum Gasteiger partial charge on any atom is 0.246 e. The van der Waals surface area contributed by atoms with Crippen LogP contribution in [0.5, 0.6) is 5.75 Å². The minimum atomic E-state index is -1.12. The van der Waals surface area contributed by atoms with Crippen molar-refractivity contribution in [3.8, 4) is 5.75 Å². The van der Waals surface area contributed by atoms with E-state index in [-0.39, 0.29) is 36.3 Å². The van der Waals surface area contributed by atoms with Crippen LogP contribution in [-0.4, -0.2) is 70.3 Å². The van der Waals surface area contributed by atoms with Crippen molar-refractivity contribution in [3.63, 3.8) is 0 Å². The third kappa shape index (κ3) is 4.50.